The molecule has 3 rings (SSSR count). The molecule has 2 N–H and O–H groups in total. The molecule has 0 radical (unpaired) electrons. The number of hydrogen-bond acceptors (Lipinski definition) is 5. The molecule has 1 fully saturated rings. The molecule has 2 unspecified atom stereocenters. The molecule has 0 bridgehead atoms. The maximum Gasteiger partial charge on any atom is 0.241 e. The molecule has 0 amide bonds. The summed E-state index contributed by atoms with van der Waals surface area (Å²) in [6.07, 6.45) is 1.81. The summed E-state index contributed by atoms with van der Waals surface area (Å²) in [6.45, 7) is 4.83. The summed E-state index contributed by atoms with van der Waals surface area (Å²) >= 11 is 0. The fourth-order valence-corrected chi connectivity index (χ4v) is 4.37. The van der Waals surface area contributed by atoms with Crippen molar-refractivity contribution in [3.63, 3.8) is 0 Å². The first-order valence-corrected chi connectivity index (χ1v) is 8.61. The Morgan fingerprint density at radius 2 is 2.00 bits per heavy atom. The van der Waals surface area contributed by atoms with Crippen LogP contribution in [0.25, 0.3) is 0 Å². The minimum absolute atomic E-state index is 0.0893. The van der Waals surface area contributed by atoms with Gasteiger partial charge in [-0.25, -0.2) is 13.1 Å². The van der Waals surface area contributed by atoms with Gasteiger partial charge in [-0.1, -0.05) is 0 Å². The first kappa shape index (κ1) is 14.6. The summed E-state index contributed by atoms with van der Waals surface area (Å²) in [5.74, 6) is 1.08. The fraction of sp³-hybridized carbons (Fsp3) is 0.571. The SMILES string of the molecule is Cc1cc2c(cc1S(=O)(=O)NC1CCCNC1C)OCO2. The average Bonchev–Trinajstić information content (AvgIpc) is 2.87. The molecule has 116 valence electrons. The number of benzene rings is 1. The van der Waals surface area contributed by atoms with E-state index < -0.39 is 10.0 Å². The second-order valence-corrected chi connectivity index (χ2v) is 7.27. The average molecular weight is 312 g/mol. The van der Waals surface area contributed by atoms with Crippen molar-refractivity contribution in [3.8, 4) is 11.5 Å². The van der Waals surface area contributed by atoms with E-state index in [0.29, 0.717) is 17.1 Å². The van der Waals surface area contributed by atoms with Crippen LogP contribution in [0.4, 0.5) is 0 Å². The van der Waals surface area contributed by atoms with E-state index in [9.17, 15) is 8.42 Å². The van der Waals surface area contributed by atoms with Crippen LogP contribution in [0.3, 0.4) is 0 Å². The van der Waals surface area contributed by atoms with E-state index in [-0.39, 0.29) is 23.8 Å². The smallest absolute Gasteiger partial charge is 0.241 e. The minimum atomic E-state index is -3.57. The van der Waals surface area contributed by atoms with Gasteiger partial charge in [0.15, 0.2) is 11.5 Å². The second kappa shape index (κ2) is 5.47. The van der Waals surface area contributed by atoms with E-state index in [4.69, 9.17) is 9.47 Å². The Morgan fingerprint density at radius 1 is 1.29 bits per heavy atom. The minimum Gasteiger partial charge on any atom is -0.454 e. The Morgan fingerprint density at radius 3 is 2.71 bits per heavy atom. The highest BCUT2D eigenvalue weighted by molar-refractivity contribution is 7.89. The summed E-state index contributed by atoms with van der Waals surface area (Å²) < 4.78 is 38.6. The van der Waals surface area contributed by atoms with Crippen molar-refractivity contribution in [2.45, 2.75) is 43.7 Å². The molecule has 0 aliphatic carbocycles. The van der Waals surface area contributed by atoms with Gasteiger partial charge in [0.25, 0.3) is 0 Å². The second-order valence-electron chi connectivity index (χ2n) is 5.58. The lowest BCUT2D eigenvalue weighted by Gasteiger charge is -2.30. The normalized spacial score (nSPS) is 25.0. The molecule has 2 heterocycles. The van der Waals surface area contributed by atoms with Crippen LogP contribution in [0, 0.1) is 6.92 Å². The summed E-state index contributed by atoms with van der Waals surface area (Å²) in [6, 6.07) is 3.29. The van der Waals surface area contributed by atoms with Gasteiger partial charge in [0.1, 0.15) is 0 Å². The number of rotatable bonds is 3. The van der Waals surface area contributed by atoms with Crippen LogP contribution in [0.5, 0.6) is 11.5 Å². The zero-order valence-corrected chi connectivity index (χ0v) is 13.0. The number of aryl methyl sites for hydroxylation is 1. The van der Waals surface area contributed by atoms with Crippen molar-refractivity contribution < 1.29 is 17.9 Å². The third-order valence-corrected chi connectivity index (χ3v) is 5.66. The van der Waals surface area contributed by atoms with E-state index in [0.717, 1.165) is 19.4 Å². The molecular formula is C14H20N2O4S. The van der Waals surface area contributed by atoms with E-state index in [1.54, 1.807) is 19.1 Å². The number of nitrogens with one attached hydrogen (secondary N) is 2. The standard InChI is InChI=1S/C14H20N2O4S/c1-9-6-12-13(20-8-19-12)7-14(9)21(17,18)16-11-4-3-5-15-10(11)2/h6-7,10-11,15-16H,3-5,8H2,1-2H3. The van der Waals surface area contributed by atoms with Crippen molar-refractivity contribution in [1.29, 1.82) is 0 Å². The largest absolute Gasteiger partial charge is 0.454 e. The van der Waals surface area contributed by atoms with E-state index in [1.165, 1.54) is 0 Å². The highest BCUT2D eigenvalue weighted by atomic mass is 32.2. The summed E-state index contributed by atoms with van der Waals surface area (Å²) in [5.41, 5.74) is 0.656. The van der Waals surface area contributed by atoms with Crippen LogP contribution in [0.1, 0.15) is 25.3 Å². The van der Waals surface area contributed by atoms with Gasteiger partial charge >= 0.3 is 0 Å². The molecule has 1 saturated heterocycles. The monoisotopic (exact) mass is 312 g/mol. The van der Waals surface area contributed by atoms with Crippen LogP contribution in [0.2, 0.25) is 0 Å². The molecule has 2 aliphatic heterocycles. The van der Waals surface area contributed by atoms with Gasteiger partial charge < -0.3 is 14.8 Å². The van der Waals surface area contributed by atoms with Crippen molar-refractivity contribution >= 4 is 10.0 Å². The van der Waals surface area contributed by atoms with Crippen LogP contribution < -0.4 is 19.5 Å². The van der Waals surface area contributed by atoms with Gasteiger partial charge in [-0.2, -0.15) is 0 Å². The van der Waals surface area contributed by atoms with Crippen molar-refractivity contribution in [2.75, 3.05) is 13.3 Å². The third-order valence-electron chi connectivity index (χ3n) is 4.03. The number of piperidine rings is 1. The zero-order valence-electron chi connectivity index (χ0n) is 12.2. The molecule has 7 heteroatoms. The molecule has 2 aliphatic rings. The maximum absolute atomic E-state index is 12.6. The number of fused-ring (bicyclic) bond motifs is 1. The van der Waals surface area contributed by atoms with Gasteiger partial charge in [-0.15, -0.1) is 0 Å². The predicted molar refractivity (Wildman–Crippen MR) is 78.1 cm³/mol. The maximum atomic E-state index is 12.6. The molecule has 0 aromatic heterocycles. The number of sulfonamides is 1. The number of hydrogen-bond donors (Lipinski definition) is 2. The molecule has 1 aromatic carbocycles. The van der Waals surface area contributed by atoms with Crippen LogP contribution in [-0.4, -0.2) is 33.8 Å². The van der Waals surface area contributed by atoms with Gasteiger partial charge in [-0.3, -0.25) is 0 Å². The lowest BCUT2D eigenvalue weighted by atomic mass is 10.0. The summed E-state index contributed by atoms with van der Waals surface area (Å²) in [5, 5.41) is 3.29. The fourth-order valence-electron chi connectivity index (χ4n) is 2.78. The first-order valence-electron chi connectivity index (χ1n) is 7.13. The van der Waals surface area contributed by atoms with Crippen molar-refractivity contribution in [2.24, 2.45) is 0 Å². The topological polar surface area (TPSA) is 76.7 Å². The molecule has 0 spiro atoms. The molecule has 0 saturated carbocycles. The van der Waals surface area contributed by atoms with Crippen LogP contribution in [0.15, 0.2) is 17.0 Å². The highest BCUT2D eigenvalue weighted by Crippen LogP contribution is 2.36. The molecule has 2 atom stereocenters. The Labute approximate surface area is 124 Å². The number of ether oxygens (including phenoxy) is 2. The Balaban J connectivity index is 1.88. The van der Waals surface area contributed by atoms with E-state index in [2.05, 4.69) is 10.0 Å². The summed E-state index contributed by atoms with van der Waals surface area (Å²) in [4.78, 5) is 0.254. The first-order chi connectivity index (χ1) is 9.97. The highest BCUT2D eigenvalue weighted by Gasteiger charge is 2.29. The summed E-state index contributed by atoms with van der Waals surface area (Å²) in [7, 11) is -3.57. The molecule has 21 heavy (non-hydrogen) atoms. The quantitative estimate of drug-likeness (QED) is 0.875. The van der Waals surface area contributed by atoms with Crippen LogP contribution in [-0.2, 0) is 10.0 Å². The van der Waals surface area contributed by atoms with E-state index >= 15 is 0 Å². The third kappa shape index (κ3) is 2.86. The zero-order chi connectivity index (χ0) is 15.0. The van der Waals surface area contributed by atoms with Gasteiger partial charge in [0, 0.05) is 18.2 Å². The lowest BCUT2D eigenvalue weighted by molar-refractivity contribution is 0.174. The molecule has 1 aromatic rings. The lowest BCUT2D eigenvalue weighted by Crippen LogP contribution is -2.51. The van der Waals surface area contributed by atoms with Crippen molar-refractivity contribution in [1.82, 2.24) is 10.0 Å². The predicted octanol–water partition coefficient (Wildman–Crippen LogP) is 1.14. The van der Waals surface area contributed by atoms with Crippen molar-refractivity contribution in [3.05, 3.63) is 17.7 Å². The molecular weight excluding hydrogens is 292 g/mol. The Hall–Kier alpha value is -1.31. The Bertz CT molecular complexity index is 645. The van der Waals surface area contributed by atoms with Crippen LogP contribution >= 0.6 is 0 Å². The van der Waals surface area contributed by atoms with Gasteiger partial charge in [-0.05, 0) is 44.9 Å². The Kier molecular flexibility index (Phi) is 3.81. The molecule has 6 nitrogen and oxygen atoms in total. The van der Waals surface area contributed by atoms with E-state index in [1.807, 2.05) is 6.92 Å². The van der Waals surface area contributed by atoms with Gasteiger partial charge in [0.05, 0.1) is 4.90 Å². The van der Waals surface area contributed by atoms with Gasteiger partial charge in [0.2, 0.25) is 16.8 Å².